The van der Waals surface area contributed by atoms with Crippen LogP contribution in [0.5, 0.6) is 5.75 Å². The van der Waals surface area contributed by atoms with Crippen LogP contribution in [0.1, 0.15) is 22.0 Å². The van der Waals surface area contributed by atoms with Gasteiger partial charge in [0.05, 0.1) is 0 Å². The molecule has 0 amide bonds. The van der Waals surface area contributed by atoms with E-state index in [4.69, 9.17) is 4.55 Å². The first kappa shape index (κ1) is 15.2. The van der Waals surface area contributed by atoms with E-state index in [1.807, 2.05) is 0 Å². The van der Waals surface area contributed by atoms with Crippen LogP contribution >= 0.6 is 0 Å². The monoisotopic (exact) mass is 308 g/mol. The number of carbonyl (C=O) groups excluding carboxylic acids is 1. The van der Waals surface area contributed by atoms with Gasteiger partial charge in [0.25, 0.3) is 10.1 Å². The molecular weight excluding hydrogens is 296 g/mol. The highest BCUT2D eigenvalue weighted by Gasteiger charge is 2.26. The Kier molecular flexibility index (Phi) is 4.08. The third kappa shape index (κ3) is 3.27. The van der Waals surface area contributed by atoms with Crippen LogP contribution in [0.15, 0.2) is 53.4 Å². The molecule has 1 atom stereocenters. The van der Waals surface area contributed by atoms with Crippen LogP contribution in [0, 0.1) is 0 Å². The van der Waals surface area contributed by atoms with Gasteiger partial charge >= 0.3 is 0 Å². The number of phenolic OH excluding ortho intramolecular Hbond substituents is 1. The third-order valence-electron chi connectivity index (χ3n) is 2.87. The van der Waals surface area contributed by atoms with Gasteiger partial charge in [-0.25, -0.2) is 0 Å². The Bertz CT molecular complexity index is 767. The van der Waals surface area contributed by atoms with Gasteiger partial charge in [-0.05, 0) is 17.7 Å². The van der Waals surface area contributed by atoms with Gasteiger partial charge in [0.15, 0.2) is 5.78 Å². The van der Waals surface area contributed by atoms with Crippen molar-refractivity contribution in [3.8, 4) is 5.75 Å². The predicted octanol–water partition coefficient (Wildman–Crippen LogP) is 1.56. The second kappa shape index (κ2) is 5.65. The lowest BCUT2D eigenvalue weighted by Gasteiger charge is -2.12. The number of carbonyl (C=O) groups is 1. The molecule has 0 radical (unpaired) electrons. The minimum Gasteiger partial charge on any atom is -0.508 e. The van der Waals surface area contributed by atoms with E-state index in [2.05, 4.69) is 0 Å². The fraction of sp³-hybridized carbons (Fsp3) is 0.0714. The van der Waals surface area contributed by atoms with Gasteiger partial charge < -0.3 is 10.2 Å². The molecule has 0 bridgehead atoms. The van der Waals surface area contributed by atoms with Crippen molar-refractivity contribution in [2.75, 3.05) is 0 Å². The van der Waals surface area contributed by atoms with E-state index in [0.29, 0.717) is 0 Å². The van der Waals surface area contributed by atoms with Crippen LogP contribution in [-0.4, -0.2) is 29.0 Å². The van der Waals surface area contributed by atoms with Crippen LogP contribution in [0.25, 0.3) is 0 Å². The number of benzene rings is 2. The number of hydrogen-bond acceptors (Lipinski definition) is 5. The first-order chi connectivity index (χ1) is 9.80. The smallest absolute Gasteiger partial charge is 0.295 e. The van der Waals surface area contributed by atoms with Crippen LogP contribution in [0.2, 0.25) is 0 Å². The molecule has 110 valence electrons. The molecule has 2 aromatic carbocycles. The normalized spacial score (nSPS) is 12.9. The number of Topliss-reactive ketones (excluding diaryl/α,β-unsaturated/α-hetero) is 1. The topological polar surface area (TPSA) is 112 Å². The Hall–Kier alpha value is -2.22. The SMILES string of the molecule is O=C(c1ccc(O)cc1S(=O)(=O)O)C(O)c1ccccc1. The second-order valence-corrected chi connectivity index (χ2v) is 5.72. The van der Waals surface area contributed by atoms with Crippen molar-refractivity contribution in [3.63, 3.8) is 0 Å². The minimum absolute atomic E-state index is 0.289. The summed E-state index contributed by atoms with van der Waals surface area (Å²) in [6.45, 7) is 0. The fourth-order valence-corrected chi connectivity index (χ4v) is 2.58. The standard InChI is InChI=1S/C14H12O6S/c15-10-6-7-11(12(8-10)21(18,19)20)14(17)13(16)9-4-2-1-3-5-9/h1-8,13,15-16H,(H,18,19,20). The number of aromatic hydroxyl groups is 1. The highest BCUT2D eigenvalue weighted by atomic mass is 32.2. The lowest BCUT2D eigenvalue weighted by atomic mass is 10.00. The summed E-state index contributed by atoms with van der Waals surface area (Å²) in [4.78, 5) is 11.5. The van der Waals surface area contributed by atoms with Gasteiger partial charge in [-0.2, -0.15) is 8.42 Å². The first-order valence-electron chi connectivity index (χ1n) is 5.88. The van der Waals surface area contributed by atoms with Crippen LogP contribution in [0.4, 0.5) is 0 Å². The molecule has 0 spiro atoms. The molecule has 21 heavy (non-hydrogen) atoms. The minimum atomic E-state index is -4.71. The number of hydrogen-bond donors (Lipinski definition) is 3. The van der Waals surface area contributed by atoms with Crippen molar-refractivity contribution in [1.82, 2.24) is 0 Å². The summed E-state index contributed by atoms with van der Waals surface area (Å²) in [6, 6.07) is 10.8. The van der Waals surface area contributed by atoms with Crippen molar-refractivity contribution < 1.29 is 28.0 Å². The first-order valence-corrected chi connectivity index (χ1v) is 7.32. The molecule has 0 saturated carbocycles. The highest BCUT2D eigenvalue weighted by molar-refractivity contribution is 7.86. The lowest BCUT2D eigenvalue weighted by Crippen LogP contribution is -2.16. The summed E-state index contributed by atoms with van der Waals surface area (Å²) in [7, 11) is -4.71. The molecule has 0 heterocycles. The summed E-state index contributed by atoms with van der Waals surface area (Å²) in [5.74, 6) is -1.32. The van der Waals surface area contributed by atoms with Gasteiger partial charge in [0.1, 0.15) is 16.7 Å². The van der Waals surface area contributed by atoms with E-state index in [9.17, 15) is 23.4 Å². The van der Waals surface area contributed by atoms with Crippen molar-refractivity contribution in [1.29, 1.82) is 0 Å². The Morgan fingerprint density at radius 3 is 2.24 bits per heavy atom. The van der Waals surface area contributed by atoms with Gasteiger partial charge in [-0.3, -0.25) is 9.35 Å². The molecule has 2 aromatic rings. The van der Waals surface area contributed by atoms with Crippen molar-refractivity contribution in [3.05, 3.63) is 59.7 Å². The van der Waals surface area contributed by atoms with E-state index in [0.717, 1.165) is 18.2 Å². The number of ketones is 1. The molecule has 0 fully saturated rings. The summed E-state index contributed by atoms with van der Waals surface area (Å²) >= 11 is 0. The van der Waals surface area contributed by atoms with Gasteiger partial charge in [0.2, 0.25) is 0 Å². The average Bonchev–Trinajstić information content (AvgIpc) is 2.45. The summed E-state index contributed by atoms with van der Waals surface area (Å²) in [5.41, 5.74) is -0.108. The number of phenols is 1. The molecule has 0 aliphatic carbocycles. The Morgan fingerprint density at radius 1 is 1.05 bits per heavy atom. The average molecular weight is 308 g/mol. The van der Waals surface area contributed by atoms with Crippen molar-refractivity contribution in [2.24, 2.45) is 0 Å². The number of aliphatic hydroxyl groups is 1. The lowest BCUT2D eigenvalue weighted by molar-refractivity contribution is 0.0743. The third-order valence-corrected chi connectivity index (χ3v) is 3.77. The predicted molar refractivity (Wildman–Crippen MR) is 73.7 cm³/mol. The van der Waals surface area contributed by atoms with E-state index in [1.165, 1.54) is 12.1 Å². The molecule has 1 unspecified atom stereocenters. The highest BCUT2D eigenvalue weighted by Crippen LogP contribution is 2.26. The maximum Gasteiger partial charge on any atom is 0.295 e. The Balaban J connectivity index is 2.50. The Labute approximate surface area is 121 Å². The Morgan fingerprint density at radius 2 is 1.67 bits per heavy atom. The summed E-state index contributed by atoms with van der Waals surface area (Å²) in [6.07, 6.45) is -1.57. The van der Waals surface area contributed by atoms with Crippen LogP contribution < -0.4 is 0 Å². The molecular formula is C14H12O6S. The van der Waals surface area contributed by atoms with Gasteiger partial charge in [-0.15, -0.1) is 0 Å². The molecule has 2 rings (SSSR count). The van der Waals surface area contributed by atoms with E-state index in [1.54, 1.807) is 18.2 Å². The zero-order valence-corrected chi connectivity index (χ0v) is 11.5. The number of aliphatic hydroxyl groups excluding tert-OH is 1. The van der Waals surface area contributed by atoms with E-state index >= 15 is 0 Å². The van der Waals surface area contributed by atoms with Crippen molar-refractivity contribution >= 4 is 15.9 Å². The quantitative estimate of drug-likeness (QED) is 0.583. The zero-order chi connectivity index (χ0) is 15.6. The largest absolute Gasteiger partial charge is 0.508 e. The van der Waals surface area contributed by atoms with Crippen LogP contribution in [0.3, 0.4) is 0 Å². The van der Waals surface area contributed by atoms with E-state index in [-0.39, 0.29) is 5.56 Å². The maximum absolute atomic E-state index is 12.2. The molecule has 0 aliphatic heterocycles. The molecule has 0 saturated heterocycles. The number of rotatable bonds is 4. The fourth-order valence-electron chi connectivity index (χ4n) is 1.86. The molecule has 0 aromatic heterocycles. The maximum atomic E-state index is 12.2. The van der Waals surface area contributed by atoms with Gasteiger partial charge in [0, 0.05) is 11.6 Å². The molecule has 7 heteroatoms. The van der Waals surface area contributed by atoms with Crippen molar-refractivity contribution in [2.45, 2.75) is 11.0 Å². The second-order valence-electron chi connectivity index (χ2n) is 4.33. The van der Waals surface area contributed by atoms with E-state index < -0.39 is 38.2 Å². The molecule has 3 N–H and O–H groups in total. The van der Waals surface area contributed by atoms with Crippen LogP contribution in [-0.2, 0) is 10.1 Å². The zero-order valence-electron chi connectivity index (χ0n) is 10.7. The molecule has 0 aliphatic rings. The van der Waals surface area contributed by atoms with Gasteiger partial charge in [-0.1, -0.05) is 30.3 Å². The molecule has 6 nitrogen and oxygen atoms in total. The summed E-state index contributed by atoms with van der Waals surface area (Å²) in [5, 5.41) is 19.3. The summed E-state index contributed by atoms with van der Waals surface area (Å²) < 4.78 is 31.7.